The number of hydrogen-bond acceptors (Lipinski definition) is 3. The Bertz CT molecular complexity index is 243. The molecule has 1 rings (SSSR count). The maximum Gasteiger partial charge on any atom is 0.307 e. The van der Waals surface area contributed by atoms with Gasteiger partial charge in [-0.15, -0.1) is 0 Å². The second kappa shape index (κ2) is 3.98. The molecular weight excluding hydrogens is 162 g/mol. The Labute approximate surface area is 68.7 Å². The van der Waals surface area contributed by atoms with Crippen LogP contribution in [0.5, 0.6) is 0 Å². The highest BCUT2D eigenvalue weighted by atomic mass is 32.2. The highest BCUT2D eigenvalue weighted by Gasteiger charge is 2.00. The van der Waals surface area contributed by atoms with Crippen LogP contribution in [0.15, 0.2) is 27.5 Å². The molecule has 0 aliphatic carbocycles. The molecule has 0 aromatic rings. The Balaban J connectivity index is 2.62. The lowest BCUT2D eigenvalue weighted by atomic mass is 10.2. The van der Waals surface area contributed by atoms with Gasteiger partial charge in [-0.3, -0.25) is 4.79 Å². The van der Waals surface area contributed by atoms with Crippen LogP contribution in [0.1, 0.15) is 6.42 Å². The monoisotopic (exact) mass is 169 g/mol. The second-order valence-electron chi connectivity index (χ2n) is 1.98. The van der Waals surface area contributed by atoms with Crippen molar-refractivity contribution in [3.63, 3.8) is 0 Å². The second-order valence-corrected chi connectivity index (χ2v) is 2.67. The van der Waals surface area contributed by atoms with E-state index in [0.29, 0.717) is 0 Å². The molecule has 1 N–H and O–H groups in total. The summed E-state index contributed by atoms with van der Waals surface area (Å²) in [5.41, 5.74) is 0.721. The van der Waals surface area contributed by atoms with Crippen molar-refractivity contribution in [1.82, 2.24) is 0 Å². The zero-order valence-corrected chi connectivity index (χ0v) is 6.54. The van der Waals surface area contributed by atoms with Crippen molar-refractivity contribution in [2.75, 3.05) is 0 Å². The number of nitrogens with zero attached hydrogens (tertiary/aromatic N) is 1. The zero-order valence-electron chi connectivity index (χ0n) is 5.73. The summed E-state index contributed by atoms with van der Waals surface area (Å²) in [6.07, 6.45) is 5.14. The molecule has 0 radical (unpaired) electrons. The number of carboxylic acids is 1. The highest BCUT2D eigenvalue weighted by Crippen LogP contribution is 2.10. The molecule has 0 unspecified atom stereocenters. The van der Waals surface area contributed by atoms with Gasteiger partial charge in [-0.25, -0.2) is 4.40 Å². The van der Waals surface area contributed by atoms with Gasteiger partial charge in [0.05, 0.1) is 6.42 Å². The molecule has 0 saturated heterocycles. The van der Waals surface area contributed by atoms with Gasteiger partial charge in [0.1, 0.15) is 0 Å². The molecule has 1 aliphatic heterocycles. The Kier molecular flexibility index (Phi) is 2.92. The van der Waals surface area contributed by atoms with Crippen LogP contribution in [0.3, 0.4) is 0 Å². The number of carbonyl (C=O) groups is 1. The summed E-state index contributed by atoms with van der Waals surface area (Å²) < 4.78 is 3.88. The Morgan fingerprint density at radius 3 is 3.27 bits per heavy atom. The first-order valence-corrected chi connectivity index (χ1v) is 3.89. The minimum absolute atomic E-state index is 0.0361. The Morgan fingerprint density at radius 2 is 2.55 bits per heavy atom. The number of rotatable bonds is 2. The molecule has 0 spiro atoms. The van der Waals surface area contributed by atoms with Gasteiger partial charge in [0.2, 0.25) is 0 Å². The summed E-state index contributed by atoms with van der Waals surface area (Å²) in [7, 11) is 0. The van der Waals surface area contributed by atoms with E-state index in [4.69, 9.17) is 5.11 Å². The van der Waals surface area contributed by atoms with Crippen molar-refractivity contribution in [1.29, 1.82) is 0 Å². The molecular formula is C7H7NO2S. The Hall–Kier alpha value is -1.03. The third-order valence-corrected chi connectivity index (χ3v) is 1.59. The standard InChI is InChI=1S/C7H7NO2S/c9-7(10)4-6-2-1-3-11-8-5-6/h1-3,5H,4H2,(H,9,10). The van der Waals surface area contributed by atoms with Gasteiger partial charge < -0.3 is 5.11 Å². The summed E-state index contributed by atoms with van der Waals surface area (Å²) in [6.45, 7) is 0. The predicted octanol–water partition coefficient (Wildman–Crippen LogP) is 1.63. The summed E-state index contributed by atoms with van der Waals surface area (Å²) in [6, 6.07) is 0. The molecule has 0 amide bonds. The van der Waals surface area contributed by atoms with Crippen molar-refractivity contribution >= 4 is 24.1 Å². The van der Waals surface area contributed by atoms with E-state index in [9.17, 15) is 4.79 Å². The van der Waals surface area contributed by atoms with E-state index >= 15 is 0 Å². The molecule has 3 nitrogen and oxygen atoms in total. The maximum absolute atomic E-state index is 10.2. The lowest BCUT2D eigenvalue weighted by Gasteiger charge is -1.91. The van der Waals surface area contributed by atoms with Crippen molar-refractivity contribution in [2.24, 2.45) is 4.40 Å². The first-order valence-electron chi connectivity index (χ1n) is 3.06. The largest absolute Gasteiger partial charge is 0.481 e. The van der Waals surface area contributed by atoms with E-state index in [1.165, 1.54) is 11.9 Å². The molecule has 1 heterocycles. The molecule has 58 valence electrons. The molecule has 4 heteroatoms. The van der Waals surface area contributed by atoms with Crippen LogP contribution in [-0.2, 0) is 4.79 Å². The topological polar surface area (TPSA) is 49.7 Å². The quantitative estimate of drug-likeness (QED) is 0.639. The number of carboxylic acid groups (broad SMARTS) is 1. The summed E-state index contributed by atoms with van der Waals surface area (Å²) in [5, 5.41) is 10.2. The maximum atomic E-state index is 10.2. The van der Waals surface area contributed by atoms with E-state index in [0.717, 1.165) is 5.57 Å². The van der Waals surface area contributed by atoms with Crippen LogP contribution in [0.2, 0.25) is 0 Å². The summed E-state index contributed by atoms with van der Waals surface area (Å²) in [5.74, 6) is -0.831. The van der Waals surface area contributed by atoms with Crippen LogP contribution in [-0.4, -0.2) is 17.3 Å². The normalized spacial score (nSPS) is 15.8. The fraction of sp³-hybridized carbons (Fsp3) is 0.143. The third-order valence-electron chi connectivity index (χ3n) is 1.08. The predicted molar refractivity (Wildman–Crippen MR) is 45.6 cm³/mol. The van der Waals surface area contributed by atoms with Crippen molar-refractivity contribution in [3.8, 4) is 0 Å². The molecule has 0 aromatic carbocycles. The number of aliphatic carboxylic acids is 1. The van der Waals surface area contributed by atoms with Crippen LogP contribution >= 0.6 is 11.9 Å². The lowest BCUT2D eigenvalue weighted by Crippen LogP contribution is -1.97. The van der Waals surface area contributed by atoms with Crippen molar-refractivity contribution < 1.29 is 9.90 Å². The van der Waals surface area contributed by atoms with Gasteiger partial charge in [0, 0.05) is 18.2 Å². The average Bonchev–Trinajstić information content (AvgIpc) is 2.14. The van der Waals surface area contributed by atoms with E-state index in [2.05, 4.69) is 4.40 Å². The SMILES string of the molecule is O=C(O)CC1=CC=CSN=C1. The van der Waals surface area contributed by atoms with E-state index in [-0.39, 0.29) is 6.42 Å². The van der Waals surface area contributed by atoms with E-state index < -0.39 is 5.97 Å². The lowest BCUT2D eigenvalue weighted by molar-refractivity contribution is -0.136. The van der Waals surface area contributed by atoms with Crippen molar-refractivity contribution in [2.45, 2.75) is 6.42 Å². The van der Waals surface area contributed by atoms with Crippen molar-refractivity contribution in [3.05, 3.63) is 23.1 Å². The first kappa shape index (κ1) is 8.07. The molecule has 0 aromatic heterocycles. The zero-order chi connectivity index (χ0) is 8.10. The van der Waals surface area contributed by atoms with Crippen LogP contribution < -0.4 is 0 Å². The summed E-state index contributed by atoms with van der Waals surface area (Å²) in [4.78, 5) is 10.2. The number of allylic oxidation sites excluding steroid dienone is 2. The van der Waals surface area contributed by atoms with Gasteiger partial charge in [0.15, 0.2) is 0 Å². The Morgan fingerprint density at radius 1 is 1.73 bits per heavy atom. The van der Waals surface area contributed by atoms with Gasteiger partial charge in [-0.2, -0.15) is 0 Å². The smallest absolute Gasteiger partial charge is 0.307 e. The van der Waals surface area contributed by atoms with Gasteiger partial charge in [-0.1, -0.05) is 12.2 Å². The van der Waals surface area contributed by atoms with Crippen LogP contribution in [0.4, 0.5) is 0 Å². The van der Waals surface area contributed by atoms with Gasteiger partial charge >= 0.3 is 5.97 Å². The minimum Gasteiger partial charge on any atom is -0.481 e. The fourth-order valence-electron chi connectivity index (χ4n) is 0.654. The molecule has 0 atom stereocenters. The molecule has 11 heavy (non-hydrogen) atoms. The molecule has 0 saturated carbocycles. The van der Waals surface area contributed by atoms with Gasteiger partial charge in [-0.05, 0) is 11.0 Å². The molecule has 0 bridgehead atoms. The van der Waals surface area contributed by atoms with Crippen LogP contribution in [0.25, 0.3) is 0 Å². The minimum atomic E-state index is -0.831. The van der Waals surface area contributed by atoms with E-state index in [1.54, 1.807) is 23.8 Å². The highest BCUT2D eigenvalue weighted by molar-refractivity contribution is 8.01. The molecule has 0 fully saturated rings. The van der Waals surface area contributed by atoms with Gasteiger partial charge in [0.25, 0.3) is 0 Å². The fourth-order valence-corrected chi connectivity index (χ4v) is 1.07. The average molecular weight is 169 g/mol. The number of hydrogen-bond donors (Lipinski definition) is 1. The van der Waals surface area contributed by atoms with Crippen LogP contribution in [0, 0.1) is 0 Å². The van der Waals surface area contributed by atoms with E-state index in [1.807, 2.05) is 0 Å². The first-order chi connectivity index (χ1) is 5.29. The third kappa shape index (κ3) is 3.04. The summed E-state index contributed by atoms with van der Waals surface area (Å²) >= 11 is 1.29. The molecule has 1 aliphatic rings.